The van der Waals surface area contributed by atoms with Crippen LogP contribution in [0.15, 0.2) is 11.4 Å². The van der Waals surface area contributed by atoms with Crippen LogP contribution in [0.4, 0.5) is 8.78 Å². The van der Waals surface area contributed by atoms with Crippen LogP contribution in [0.2, 0.25) is 0 Å². The maximum atomic E-state index is 11.9. The summed E-state index contributed by atoms with van der Waals surface area (Å²) in [6, 6.07) is 1.85. The first-order chi connectivity index (χ1) is 10.0. The van der Waals surface area contributed by atoms with Crippen molar-refractivity contribution in [3.05, 3.63) is 21.9 Å². The third-order valence-corrected chi connectivity index (χ3v) is 3.39. The maximum Gasteiger partial charge on any atom is 0.261 e. The third-order valence-electron chi connectivity index (χ3n) is 2.49. The van der Waals surface area contributed by atoms with E-state index >= 15 is 0 Å². The summed E-state index contributed by atoms with van der Waals surface area (Å²) in [7, 11) is 1.65. The molecular formula is C14H17F2NO3S. The molecule has 0 spiro atoms. The van der Waals surface area contributed by atoms with Gasteiger partial charge in [-0.3, -0.25) is 4.79 Å². The molecule has 0 saturated heterocycles. The Hall–Kier alpha value is -1.49. The van der Waals surface area contributed by atoms with Crippen molar-refractivity contribution < 1.29 is 23.4 Å². The highest BCUT2D eigenvalue weighted by atomic mass is 32.1. The standard InChI is InChI=1S/C14H17F2NO3S/c1-17(14(19)4-6-20-9-13(15)16)8-11-7-12(21-10-11)3-2-5-18/h7,10,13,18H,4-6,8-9H2,1H3. The molecule has 1 aromatic rings. The summed E-state index contributed by atoms with van der Waals surface area (Å²) in [5.74, 6) is 5.18. The molecule has 0 fully saturated rings. The van der Waals surface area contributed by atoms with Crippen LogP contribution in [-0.2, 0) is 16.1 Å². The van der Waals surface area contributed by atoms with Crippen LogP contribution in [0.3, 0.4) is 0 Å². The van der Waals surface area contributed by atoms with Gasteiger partial charge in [0.1, 0.15) is 13.2 Å². The molecule has 0 unspecified atom stereocenters. The normalized spacial score (nSPS) is 10.3. The van der Waals surface area contributed by atoms with Gasteiger partial charge in [-0.1, -0.05) is 11.8 Å². The Morgan fingerprint density at radius 3 is 3.00 bits per heavy atom. The molecule has 1 rings (SSSR count). The molecular weight excluding hydrogens is 300 g/mol. The molecule has 0 atom stereocenters. The van der Waals surface area contributed by atoms with Gasteiger partial charge in [-0.25, -0.2) is 8.78 Å². The third kappa shape index (κ3) is 7.18. The molecule has 1 amide bonds. The van der Waals surface area contributed by atoms with Crippen LogP contribution < -0.4 is 0 Å². The van der Waals surface area contributed by atoms with Gasteiger partial charge in [-0.2, -0.15) is 0 Å². The van der Waals surface area contributed by atoms with Gasteiger partial charge >= 0.3 is 0 Å². The second-order valence-electron chi connectivity index (χ2n) is 4.24. The SMILES string of the molecule is CN(Cc1csc(C#CCO)c1)C(=O)CCOCC(F)F. The summed E-state index contributed by atoms with van der Waals surface area (Å²) in [4.78, 5) is 14.1. The molecule has 0 aromatic carbocycles. The molecule has 0 radical (unpaired) electrons. The zero-order chi connectivity index (χ0) is 15.7. The lowest BCUT2D eigenvalue weighted by Crippen LogP contribution is -2.27. The van der Waals surface area contributed by atoms with E-state index in [1.165, 1.54) is 16.2 Å². The highest BCUT2D eigenvalue weighted by Gasteiger charge is 2.11. The smallest absolute Gasteiger partial charge is 0.261 e. The lowest BCUT2D eigenvalue weighted by molar-refractivity contribution is -0.132. The minimum atomic E-state index is -2.51. The summed E-state index contributed by atoms with van der Waals surface area (Å²) in [5, 5.41) is 10.5. The summed E-state index contributed by atoms with van der Waals surface area (Å²) in [6.45, 7) is -0.423. The fourth-order valence-corrected chi connectivity index (χ4v) is 2.31. The van der Waals surface area contributed by atoms with Crippen LogP contribution >= 0.6 is 11.3 Å². The van der Waals surface area contributed by atoms with E-state index in [-0.39, 0.29) is 25.5 Å². The van der Waals surface area contributed by atoms with Gasteiger partial charge in [0.05, 0.1) is 17.9 Å². The molecule has 1 aromatic heterocycles. The van der Waals surface area contributed by atoms with Gasteiger partial charge in [0.2, 0.25) is 5.91 Å². The highest BCUT2D eigenvalue weighted by molar-refractivity contribution is 7.10. The number of carbonyl (C=O) groups is 1. The monoisotopic (exact) mass is 317 g/mol. The molecule has 21 heavy (non-hydrogen) atoms. The first kappa shape index (κ1) is 17.6. The average molecular weight is 317 g/mol. The summed E-state index contributed by atoms with van der Waals surface area (Å²) >= 11 is 1.44. The van der Waals surface area contributed by atoms with Crippen LogP contribution in [0, 0.1) is 11.8 Å². The predicted molar refractivity (Wildman–Crippen MR) is 76.2 cm³/mol. The van der Waals surface area contributed by atoms with Crippen molar-refractivity contribution in [3.63, 3.8) is 0 Å². The van der Waals surface area contributed by atoms with E-state index in [1.807, 2.05) is 11.4 Å². The Bertz CT molecular complexity index is 508. The van der Waals surface area contributed by atoms with Crippen molar-refractivity contribution in [2.45, 2.75) is 19.4 Å². The van der Waals surface area contributed by atoms with Crippen molar-refractivity contribution in [1.29, 1.82) is 0 Å². The number of amides is 1. The first-order valence-electron chi connectivity index (χ1n) is 6.30. The average Bonchev–Trinajstić information content (AvgIpc) is 2.88. The lowest BCUT2D eigenvalue weighted by Gasteiger charge is -2.16. The van der Waals surface area contributed by atoms with Gasteiger partial charge in [0, 0.05) is 13.6 Å². The minimum Gasteiger partial charge on any atom is -0.384 e. The Labute approximate surface area is 126 Å². The number of thiophene rings is 1. The van der Waals surface area contributed by atoms with E-state index in [0.29, 0.717) is 6.54 Å². The maximum absolute atomic E-state index is 11.9. The molecule has 0 bridgehead atoms. The van der Waals surface area contributed by atoms with Crippen LogP contribution in [0.25, 0.3) is 0 Å². The fraction of sp³-hybridized carbons (Fsp3) is 0.500. The van der Waals surface area contributed by atoms with E-state index in [0.717, 1.165) is 10.4 Å². The number of hydrogen-bond acceptors (Lipinski definition) is 4. The summed E-state index contributed by atoms with van der Waals surface area (Å²) in [6.07, 6.45) is -2.44. The van der Waals surface area contributed by atoms with Crippen LogP contribution in [-0.4, -0.2) is 49.2 Å². The van der Waals surface area contributed by atoms with Gasteiger partial charge < -0.3 is 14.7 Å². The van der Waals surface area contributed by atoms with Crippen LogP contribution in [0.1, 0.15) is 16.9 Å². The van der Waals surface area contributed by atoms with E-state index in [4.69, 9.17) is 5.11 Å². The minimum absolute atomic E-state index is 0.00955. The number of alkyl halides is 2. The van der Waals surface area contributed by atoms with Gasteiger partial charge in [0.25, 0.3) is 6.43 Å². The Morgan fingerprint density at radius 2 is 2.33 bits per heavy atom. The van der Waals surface area contributed by atoms with E-state index < -0.39 is 13.0 Å². The first-order valence-corrected chi connectivity index (χ1v) is 7.18. The number of carbonyl (C=O) groups excluding carboxylic acids is 1. The second-order valence-corrected chi connectivity index (χ2v) is 5.16. The topological polar surface area (TPSA) is 49.8 Å². The number of ether oxygens (including phenoxy) is 1. The molecule has 0 aliphatic heterocycles. The summed E-state index contributed by atoms with van der Waals surface area (Å²) in [5.41, 5.74) is 0.937. The predicted octanol–water partition coefficient (Wildman–Crippen LogP) is 1.72. The number of halogens is 2. The van der Waals surface area contributed by atoms with E-state index in [2.05, 4.69) is 16.6 Å². The van der Waals surface area contributed by atoms with Crippen molar-refractivity contribution in [3.8, 4) is 11.8 Å². The van der Waals surface area contributed by atoms with E-state index in [1.54, 1.807) is 7.05 Å². The summed E-state index contributed by atoms with van der Waals surface area (Å²) < 4.78 is 28.4. The molecule has 7 heteroatoms. The number of aliphatic hydroxyl groups excluding tert-OH is 1. The Balaban J connectivity index is 2.36. The number of aliphatic hydroxyl groups is 1. The zero-order valence-electron chi connectivity index (χ0n) is 11.6. The Morgan fingerprint density at radius 1 is 1.57 bits per heavy atom. The van der Waals surface area contributed by atoms with Gasteiger partial charge in [0.15, 0.2) is 0 Å². The Kier molecular flexibility index (Phi) is 7.90. The van der Waals surface area contributed by atoms with Crippen molar-refractivity contribution in [2.24, 2.45) is 0 Å². The van der Waals surface area contributed by atoms with Gasteiger partial charge in [-0.15, -0.1) is 11.3 Å². The number of hydrogen-bond donors (Lipinski definition) is 1. The van der Waals surface area contributed by atoms with E-state index in [9.17, 15) is 13.6 Å². The molecule has 0 aliphatic carbocycles. The highest BCUT2D eigenvalue weighted by Crippen LogP contribution is 2.15. The fourth-order valence-electron chi connectivity index (χ4n) is 1.54. The molecule has 4 nitrogen and oxygen atoms in total. The second kappa shape index (κ2) is 9.45. The molecule has 0 saturated carbocycles. The molecule has 1 N–H and O–H groups in total. The van der Waals surface area contributed by atoms with Crippen molar-refractivity contribution >= 4 is 17.2 Å². The molecule has 1 heterocycles. The van der Waals surface area contributed by atoms with Gasteiger partial charge in [-0.05, 0) is 17.0 Å². The zero-order valence-corrected chi connectivity index (χ0v) is 12.5. The largest absolute Gasteiger partial charge is 0.384 e. The molecule has 116 valence electrons. The number of rotatable bonds is 7. The lowest BCUT2D eigenvalue weighted by atomic mass is 10.2. The number of nitrogens with zero attached hydrogens (tertiary/aromatic N) is 1. The van der Waals surface area contributed by atoms with Crippen molar-refractivity contribution in [2.75, 3.05) is 26.9 Å². The quantitative estimate of drug-likeness (QED) is 0.615. The van der Waals surface area contributed by atoms with Crippen LogP contribution in [0.5, 0.6) is 0 Å². The molecule has 0 aliphatic rings. The van der Waals surface area contributed by atoms with Crippen molar-refractivity contribution in [1.82, 2.24) is 4.90 Å².